The van der Waals surface area contributed by atoms with Crippen molar-refractivity contribution in [1.29, 1.82) is 0 Å². The quantitative estimate of drug-likeness (QED) is 0.316. The van der Waals surface area contributed by atoms with Crippen molar-refractivity contribution in [2.24, 2.45) is 0 Å². The van der Waals surface area contributed by atoms with E-state index in [9.17, 15) is 9.90 Å². The number of aromatic carboxylic acids is 1. The summed E-state index contributed by atoms with van der Waals surface area (Å²) in [6.07, 6.45) is 2.63. The van der Waals surface area contributed by atoms with Crippen molar-refractivity contribution in [2.75, 3.05) is 0 Å². The Balaban J connectivity index is 1.60. The second-order valence-corrected chi connectivity index (χ2v) is 8.49. The first-order valence-electron chi connectivity index (χ1n) is 10.3. The Morgan fingerprint density at radius 1 is 1.19 bits per heavy atom. The molecule has 0 aliphatic heterocycles. The molecule has 32 heavy (non-hydrogen) atoms. The van der Waals surface area contributed by atoms with Gasteiger partial charge < -0.3 is 14.1 Å². The number of hydrogen-bond acceptors (Lipinski definition) is 4. The molecule has 0 bridgehead atoms. The van der Waals surface area contributed by atoms with Gasteiger partial charge >= 0.3 is 5.97 Å². The molecule has 160 valence electrons. The minimum absolute atomic E-state index is 0.200. The third kappa shape index (κ3) is 3.29. The molecule has 0 radical (unpaired) electrons. The van der Waals surface area contributed by atoms with Gasteiger partial charge in [-0.25, -0.2) is 14.8 Å². The molecule has 3 aromatic heterocycles. The molecule has 0 spiro atoms. The highest BCUT2D eigenvalue weighted by Crippen LogP contribution is 2.39. The monoisotopic (exact) mass is 489 g/mol. The van der Waals surface area contributed by atoms with Crippen molar-refractivity contribution >= 4 is 44.0 Å². The standard InChI is InChI=1S/C25H20BrN3O3/c1-3-20-28-22-14(2)10-11-27-24(22)29(20)13-15-8-9-19-18(12-15)21(26)23(32-19)16-6-4-5-7-17(16)25(30)31/h4-12H,3,13H2,1-2H3,(H,30,31). The minimum atomic E-state index is -0.990. The third-order valence-corrected chi connectivity index (χ3v) is 6.45. The molecule has 0 saturated carbocycles. The predicted molar refractivity (Wildman–Crippen MR) is 127 cm³/mol. The number of pyridine rings is 1. The number of aromatic nitrogens is 3. The Morgan fingerprint density at radius 3 is 2.78 bits per heavy atom. The van der Waals surface area contributed by atoms with Gasteiger partial charge in [0.15, 0.2) is 5.65 Å². The van der Waals surface area contributed by atoms with Crippen LogP contribution in [-0.4, -0.2) is 25.6 Å². The average Bonchev–Trinajstić information content (AvgIpc) is 3.32. The molecule has 0 atom stereocenters. The lowest BCUT2D eigenvalue weighted by molar-refractivity contribution is 0.0697. The molecule has 2 aromatic carbocycles. The molecule has 6 nitrogen and oxygen atoms in total. The van der Waals surface area contributed by atoms with Crippen LogP contribution in [-0.2, 0) is 13.0 Å². The van der Waals surface area contributed by atoms with E-state index >= 15 is 0 Å². The molecular weight excluding hydrogens is 470 g/mol. The molecule has 0 amide bonds. The van der Waals surface area contributed by atoms with E-state index in [2.05, 4.69) is 38.5 Å². The Morgan fingerprint density at radius 2 is 2.00 bits per heavy atom. The van der Waals surface area contributed by atoms with Crippen LogP contribution in [0.1, 0.15) is 34.2 Å². The van der Waals surface area contributed by atoms with Crippen LogP contribution in [0.4, 0.5) is 0 Å². The number of carbonyl (C=O) groups is 1. The largest absolute Gasteiger partial charge is 0.478 e. The summed E-state index contributed by atoms with van der Waals surface area (Å²) in [6, 6.07) is 14.8. The van der Waals surface area contributed by atoms with Gasteiger partial charge in [0, 0.05) is 23.6 Å². The van der Waals surface area contributed by atoms with Gasteiger partial charge in [-0.05, 0) is 58.2 Å². The van der Waals surface area contributed by atoms with E-state index < -0.39 is 5.97 Å². The zero-order valence-electron chi connectivity index (χ0n) is 17.6. The highest BCUT2D eigenvalue weighted by molar-refractivity contribution is 9.10. The summed E-state index contributed by atoms with van der Waals surface area (Å²) in [7, 11) is 0. The van der Waals surface area contributed by atoms with Crippen molar-refractivity contribution in [2.45, 2.75) is 26.8 Å². The molecule has 0 saturated heterocycles. The molecule has 3 heterocycles. The average molecular weight is 490 g/mol. The fourth-order valence-corrected chi connectivity index (χ4v) is 4.66. The second kappa shape index (κ2) is 7.91. The maximum absolute atomic E-state index is 11.7. The van der Waals surface area contributed by atoms with Crippen LogP contribution in [0, 0.1) is 6.92 Å². The maximum Gasteiger partial charge on any atom is 0.336 e. The van der Waals surface area contributed by atoms with Gasteiger partial charge in [0.1, 0.15) is 22.7 Å². The smallest absolute Gasteiger partial charge is 0.336 e. The fourth-order valence-electron chi connectivity index (χ4n) is 4.06. The van der Waals surface area contributed by atoms with Crippen molar-refractivity contribution in [3.63, 3.8) is 0 Å². The molecule has 0 fully saturated rings. The van der Waals surface area contributed by atoms with Crippen molar-refractivity contribution in [1.82, 2.24) is 14.5 Å². The van der Waals surface area contributed by atoms with E-state index in [1.54, 1.807) is 24.3 Å². The van der Waals surface area contributed by atoms with Crippen LogP contribution in [0.15, 0.2) is 63.6 Å². The number of halogens is 1. The summed E-state index contributed by atoms with van der Waals surface area (Å²) in [5.41, 5.74) is 5.43. The molecule has 0 aliphatic carbocycles. The Hall–Kier alpha value is -3.45. The number of carboxylic acids is 1. The van der Waals surface area contributed by atoms with Crippen molar-refractivity contribution < 1.29 is 14.3 Å². The highest BCUT2D eigenvalue weighted by Gasteiger charge is 2.20. The number of fused-ring (bicyclic) bond motifs is 2. The SMILES string of the molecule is CCc1nc2c(C)ccnc2n1Cc1ccc2oc(-c3ccccc3C(=O)O)c(Br)c2c1. The van der Waals surface area contributed by atoms with Gasteiger partial charge in [0.05, 0.1) is 16.6 Å². The van der Waals surface area contributed by atoms with Crippen LogP contribution in [0.25, 0.3) is 33.5 Å². The number of hydrogen-bond donors (Lipinski definition) is 1. The van der Waals surface area contributed by atoms with Crippen LogP contribution in [0.3, 0.4) is 0 Å². The summed E-state index contributed by atoms with van der Waals surface area (Å²) in [5.74, 6) is 0.509. The number of furan rings is 1. The van der Waals surface area contributed by atoms with E-state index in [0.717, 1.165) is 44.4 Å². The highest BCUT2D eigenvalue weighted by atomic mass is 79.9. The second-order valence-electron chi connectivity index (χ2n) is 7.69. The van der Waals surface area contributed by atoms with Crippen LogP contribution in [0.5, 0.6) is 0 Å². The van der Waals surface area contributed by atoms with E-state index in [1.165, 1.54) is 0 Å². The molecular formula is C25H20BrN3O3. The van der Waals surface area contributed by atoms with Crippen LogP contribution >= 0.6 is 15.9 Å². The Labute approximate surface area is 192 Å². The first kappa shape index (κ1) is 20.5. The lowest BCUT2D eigenvalue weighted by atomic mass is 10.0. The lowest BCUT2D eigenvalue weighted by Crippen LogP contribution is -2.05. The molecule has 7 heteroatoms. The molecule has 5 rings (SSSR count). The maximum atomic E-state index is 11.7. The zero-order valence-corrected chi connectivity index (χ0v) is 19.2. The van der Waals surface area contributed by atoms with Crippen molar-refractivity contribution in [3.05, 3.63) is 81.7 Å². The molecule has 0 aliphatic rings. The summed E-state index contributed by atoms with van der Waals surface area (Å²) >= 11 is 3.64. The molecule has 5 aromatic rings. The Kier molecular flexibility index (Phi) is 5.06. The van der Waals surface area contributed by atoms with Crippen LogP contribution in [0.2, 0.25) is 0 Å². The van der Waals surface area contributed by atoms with E-state index in [-0.39, 0.29) is 5.56 Å². The summed E-state index contributed by atoms with van der Waals surface area (Å²) in [4.78, 5) is 21.0. The fraction of sp³-hybridized carbons (Fsp3) is 0.160. The van der Waals surface area contributed by atoms with E-state index in [0.29, 0.717) is 23.5 Å². The minimum Gasteiger partial charge on any atom is -0.478 e. The molecule has 0 unspecified atom stereocenters. The zero-order chi connectivity index (χ0) is 22.4. The van der Waals surface area contributed by atoms with Crippen LogP contribution < -0.4 is 0 Å². The van der Waals surface area contributed by atoms with E-state index in [4.69, 9.17) is 9.40 Å². The number of benzene rings is 2. The topological polar surface area (TPSA) is 81.2 Å². The third-order valence-electron chi connectivity index (χ3n) is 5.67. The number of carboxylic acid groups (broad SMARTS) is 1. The van der Waals surface area contributed by atoms with E-state index in [1.807, 2.05) is 31.3 Å². The van der Waals surface area contributed by atoms with Gasteiger partial charge in [-0.1, -0.05) is 31.2 Å². The molecule has 1 N–H and O–H groups in total. The lowest BCUT2D eigenvalue weighted by Gasteiger charge is -2.08. The number of aryl methyl sites for hydroxylation is 2. The van der Waals surface area contributed by atoms with Gasteiger partial charge in [0.25, 0.3) is 0 Å². The first-order valence-corrected chi connectivity index (χ1v) is 11.1. The normalized spacial score (nSPS) is 11.5. The Bertz CT molecular complexity index is 1500. The first-order chi connectivity index (χ1) is 15.5. The van der Waals surface area contributed by atoms with Gasteiger partial charge in [-0.15, -0.1) is 0 Å². The van der Waals surface area contributed by atoms with Crippen molar-refractivity contribution in [3.8, 4) is 11.3 Å². The predicted octanol–water partition coefficient (Wildman–Crippen LogP) is 6.22. The van der Waals surface area contributed by atoms with Gasteiger partial charge in [-0.2, -0.15) is 0 Å². The summed E-state index contributed by atoms with van der Waals surface area (Å²) < 4.78 is 8.95. The summed E-state index contributed by atoms with van der Waals surface area (Å²) in [6.45, 7) is 4.77. The number of rotatable bonds is 5. The summed E-state index contributed by atoms with van der Waals surface area (Å²) in [5, 5.41) is 10.5. The number of imidazole rings is 1. The van der Waals surface area contributed by atoms with Gasteiger partial charge in [-0.3, -0.25) is 0 Å². The van der Waals surface area contributed by atoms with Gasteiger partial charge in [0.2, 0.25) is 0 Å². The number of nitrogens with zero attached hydrogens (tertiary/aromatic N) is 3.